The van der Waals surface area contributed by atoms with Gasteiger partial charge < -0.3 is 6.15 Å². The molecule has 68 valence electrons. The topological polar surface area (TPSA) is 35.0 Å². The second kappa shape index (κ2) is 10.5. The van der Waals surface area contributed by atoms with Crippen molar-refractivity contribution in [2.45, 2.75) is 12.8 Å². The maximum absolute atomic E-state index is 2.12. The molecule has 2 heteroatoms. The Balaban J connectivity index is 0. The van der Waals surface area contributed by atoms with Crippen molar-refractivity contribution in [2.24, 2.45) is 0 Å². The van der Waals surface area contributed by atoms with Gasteiger partial charge in [0, 0.05) is 0 Å². The Bertz CT molecular complexity index is 148. The average molecular weight is 227 g/mol. The van der Waals surface area contributed by atoms with E-state index in [-0.39, 0.29) is 24.1 Å². The molecule has 0 aromatic carbocycles. The van der Waals surface area contributed by atoms with Crippen molar-refractivity contribution in [3.8, 4) is 0 Å². The van der Waals surface area contributed by atoms with Gasteiger partial charge in [-0.3, -0.25) is 0 Å². The second-order valence-corrected chi connectivity index (χ2v) is 2.18. The van der Waals surface area contributed by atoms with Crippen molar-refractivity contribution in [3.63, 3.8) is 0 Å². The van der Waals surface area contributed by atoms with Crippen LogP contribution in [0.2, 0.25) is 0 Å². The zero-order valence-electron chi connectivity index (χ0n) is 7.45. The van der Waals surface area contributed by atoms with Crippen LogP contribution in [0.3, 0.4) is 0 Å². The number of allylic oxidation sites excluding steroid dienone is 8. The zero-order valence-corrected chi connectivity index (χ0v) is 10.4. The Morgan fingerprint density at radius 2 is 0.833 bits per heavy atom. The van der Waals surface area contributed by atoms with Crippen LogP contribution in [0.4, 0.5) is 0 Å². The third-order valence-corrected chi connectivity index (χ3v) is 1.31. The quantitative estimate of drug-likeness (QED) is 0.631. The van der Waals surface area contributed by atoms with Crippen LogP contribution in [-0.4, -0.2) is 18.0 Å². The van der Waals surface area contributed by atoms with E-state index in [0.717, 1.165) is 12.8 Å². The van der Waals surface area contributed by atoms with Crippen molar-refractivity contribution in [1.82, 2.24) is 6.15 Å². The average Bonchev–Trinajstić information content (AvgIpc) is 2.67. The molecule has 0 spiro atoms. The number of rotatable bonds is 0. The summed E-state index contributed by atoms with van der Waals surface area (Å²) in [5.74, 6) is 0. The summed E-state index contributed by atoms with van der Waals surface area (Å²) < 4.78 is 0. The van der Waals surface area contributed by atoms with Crippen LogP contribution in [0.15, 0.2) is 48.6 Å². The van der Waals surface area contributed by atoms with Gasteiger partial charge in [-0.2, -0.15) is 0 Å². The molecule has 0 saturated heterocycles. The van der Waals surface area contributed by atoms with E-state index in [4.69, 9.17) is 0 Å². The van der Waals surface area contributed by atoms with E-state index in [1.165, 1.54) is 0 Å². The number of hydrogen-bond donors (Lipinski definition) is 1. The Hall–Kier alpha value is -0.522. The molecule has 0 bridgehead atoms. The molecule has 1 nitrogen and oxygen atoms in total. The van der Waals surface area contributed by atoms with Crippen LogP contribution in [0, 0.1) is 0 Å². The molecule has 0 aromatic heterocycles. The van der Waals surface area contributed by atoms with Gasteiger partial charge in [-0.1, -0.05) is 48.6 Å². The first-order valence-electron chi connectivity index (χ1n) is 3.63. The molecule has 0 radical (unpaired) electrons. The van der Waals surface area contributed by atoms with Gasteiger partial charge in [-0.05, 0) is 12.8 Å². The monoisotopic (exact) mass is 227 g/mol. The van der Waals surface area contributed by atoms with Crippen molar-refractivity contribution < 1.29 is 0 Å². The molecule has 1 atom stereocenters. The Kier molecular flexibility index (Phi) is 12.2. The molecular weight excluding hydrogens is 209 g/mol. The van der Waals surface area contributed by atoms with Crippen LogP contribution in [-0.2, 0) is 0 Å². The molecule has 0 amide bonds. The fraction of sp³-hybridized carbons (Fsp3) is 0.200. The SMILES string of the molecule is C1=CCC=C1.C1=CCC=C1.N.[AsH3]. The third kappa shape index (κ3) is 7.58. The maximum atomic E-state index is 2.12. The Morgan fingerprint density at radius 3 is 0.917 bits per heavy atom. The summed E-state index contributed by atoms with van der Waals surface area (Å²) in [6.45, 7) is 0. The molecular formula is C10H18AsN. The molecule has 2 aliphatic rings. The fourth-order valence-electron chi connectivity index (χ4n) is 0.786. The minimum absolute atomic E-state index is 0. The number of hydrogen-bond acceptors (Lipinski definition) is 1. The molecule has 2 aliphatic carbocycles. The fourth-order valence-corrected chi connectivity index (χ4v) is 0.786. The van der Waals surface area contributed by atoms with Crippen LogP contribution in [0.25, 0.3) is 0 Å². The van der Waals surface area contributed by atoms with E-state index < -0.39 is 0 Å². The molecule has 1 unspecified atom stereocenters. The van der Waals surface area contributed by atoms with E-state index in [2.05, 4.69) is 48.6 Å². The summed E-state index contributed by atoms with van der Waals surface area (Å²) in [5, 5.41) is 0. The van der Waals surface area contributed by atoms with Gasteiger partial charge in [0.25, 0.3) is 0 Å². The van der Waals surface area contributed by atoms with Crippen molar-refractivity contribution in [1.29, 1.82) is 0 Å². The Morgan fingerprint density at radius 1 is 0.583 bits per heavy atom. The van der Waals surface area contributed by atoms with Crippen LogP contribution < -0.4 is 6.15 Å². The van der Waals surface area contributed by atoms with Gasteiger partial charge in [0.15, 0.2) is 0 Å². The minimum atomic E-state index is 0. The van der Waals surface area contributed by atoms with Gasteiger partial charge in [0.05, 0.1) is 0 Å². The van der Waals surface area contributed by atoms with E-state index in [0.29, 0.717) is 0 Å². The zero-order chi connectivity index (χ0) is 7.07. The van der Waals surface area contributed by atoms with Crippen molar-refractivity contribution in [2.75, 3.05) is 0 Å². The first kappa shape index (κ1) is 14.0. The van der Waals surface area contributed by atoms with Crippen LogP contribution >= 0.6 is 0 Å². The van der Waals surface area contributed by atoms with Gasteiger partial charge in [0.2, 0.25) is 0 Å². The summed E-state index contributed by atoms with van der Waals surface area (Å²) in [6, 6.07) is 0. The van der Waals surface area contributed by atoms with Gasteiger partial charge in [-0.25, -0.2) is 0 Å². The summed E-state index contributed by atoms with van der Waals surface area (Å²) >= 11 is 0. The van der Waals surface area contributed by atoms with E-state index >= 15 is 0 Å². The standard InChI is InChI=1S/2C5H6.AsH3.H3N/c2*1-2-4-5-3-1;;/h2*1-4H,5H2;2*1H3. The van der Waals surface area contributed by atoms with Crippen molar-refractivity contribution >= 4 is 18.0 Å². The summed E-state index contributed by atoms with van der Waals surface area (Å²) in [4.78, 5) is 0. The molecule has 12 heavy (non-hydrogen) atoms. The molecule has 2 rings (SSSR count). The van der Waals surface area contributed by atoms with Gasteiger partial charge in [0.1, 0.15) is 0 Å². The summed E-state index contributed by atoms with van der Waals surface area (Å²) in [5.41, 5.74) is 0. The van der Waals surface area contributed by atoms with E-state index in [1.54, 1.807) is 0 Å². The molecule has 0 saturated carbocycles. The first-order valence-corrected chi connectivity index (χ1v) is 3.63. The summed E-state index contributed by atoms with van der Waals surface area (Å²) in [6.07, 6.45) is 19.0. The van der Waals surface area contributed by atoms with Crippen LogP contribution in [0.1, 0.15) is 12.8 Å². The molecule has 0 aliphatic heterocycles. The Labute approximate surface area is 85.8 Å². The van der Waals surface area contributed by atoms with Gasteiger partial charge in [-0.15, -0.1) is 0 Å². The third-order valence-electron chi connectivity index (χ3n) is 1.31. The normalized spacial score (nSPS) is 14.7. The van der Waals surface area contributed by atoms with Gasteiger partial charge >= 0.3 is 18.0 Å². The molecule has 0 fully saturated rings. The predicted molar refractivity (Wildman–Crippen MR) is 60.8 cm³/mol. The molecule has 3 N–H and O–H groups in total. The van der Waals surface area contributed by atoms with E-state index in [1.807, 2.05) is 0 Å². The molecule has 0 heterocycles. The predicted octanol–water partition coefficient (Wildman–Crippen LogP) is 1.98. The molecule has 0 aromatic rings. The van der Waals surface area contributed by atoms with E-state index in [9.17, 15) is 0 Å². The second-order valence-electron chi connectivity index (χ2n) is 2.18. The van der Waals surface area contributed by atoms with Crippen molar-refractivity contribution in [3.05, 3.63) is 48.6 Å². The van der Waals surface area contributed by atoms with Crippen LogP contribution in [0.5, 0.6) is 0 Å². The summed E-state index contributed by atoms with van der Waals surface area (Å²) in [7, 11) is 0. The first-order chi connectivity index (χ1) is 5.00.